The Morgan fingerprint density at radius 1 is 1.38 bits per heavy atom. The van der Waals surface area contributed by atoms with Crippen LogP contribution in [0, 0.1) is 0 Å². The fourth-order valence-electron chi connectivity index (χ4n) is 2.78. The molecule has 0 bridgehead atoms. The Morgan fingerprint density at radius 2 is 2.19 bits per heavy atom. The van der Waals surface area contributed by atoms with Crippen LogP contribution in [-0.4, -0.2) is 45.5 Å². The SMILES string of the molecule is CCOc1cnc(C(=O)N2CCC[C@H](c3nc(C(F)(F)F)cs3)C2)cn1. The smallest absolute Gasteiger partial charge is 0.434 e. The number of likely N-dealkylation sites (tertiary alicyclic amines) is 1. The lowest BCUT2D eigenvalue weighted by atomic mass is 9.98. The van der Waals surface area contributed by atoms with E-state index in [4.69, 9.17) is 4.74 Å². The maximum Gasteiger partial charge on any atom is 0.434 e. The zero-order chi connectivity index (χ0) is 18.7. The van der Waals surface area contributed by atoms with Gasteiger partial charge in [-0.1, -0.05) is 0 Å². The molecule has 140 valence electrons. The number of thiazole rings is 1. The van der Waals surface area contributed by atoms with Gasteiger partial charge in [0, 0.05) is 24.4 Å². The molecule has 1 fully saturated rings. The zero-order valence-corrected chi connectivity index (χ0v) is 14.8. The van der Waals surface area contributed by atoms with Crippen molar-refractivity contribution in [2.45, 2.75) is 31.9 Å². The van der Waals surface area contributed by atoms with Crippen molar-refractivity contribution in [3.05, 3.63) is 34.2 Å². The standard InChI is InChI=1S/C16H17F3N4O2S/c1-2-25-13-7-20-11(6-21-13)15(24)23-5-3-4-10(8-23)14-22-12(9-26-14)16(17,18)19/h6-7,9-10H,2-5,8H2,1H3/t10-/m0/s1. The lowest BCUT2D eigenvalue weighted by molar-refractivity contribution is -0.140. The number of hydrogen-bond donors (Lipinski definition) is 0. The Balaban J connectivity index is 1.69. The Labute approximate surface area is 152 Å². The Bertz CT molecular complexity index is 764. The van der Waals surface area contributed by atoms with Crippen molar-refractivity contribution in [3.8, 4) is 5.88 Å². The van der Waals surface area contributed by atoms with Gasteiger partial charge in [-0.25, -0.2) is 15.0 Å². The van der Waals surface area contributed by atoms with Crippen molar-refractivity contribution in [3.63, 3.8) is 0 Å². The molecule has 1 aliphatic heterocycles. The van der Waals surface area contributed by atoms with Crippen LogP contribution in [0.2, 0.25) is 0 Å². The second-order valence-electron chi connectivity index (χ2n) is 5.83. The van der Waals surface area contributed by atoms with E-state index in [1.54, 1.807) is 4.90 Å². The van der Waals surface area contributed by atoms with E-state index < -0.39 is 11.9 Å². The summed E-state index contributed by atoms with van der Waals surface area (Å²) in [7, 11) is 0. The average molecular weight is 386 g/mol. The molecule has 2 aromatic rings. The number of amides is 1. The molecule has 3 heterocycles. The van der Waals surface area contributed by atoms with Gasteiger partial charge in [-0.15, -0.1) is 11.3 Å². The maximum absolute atomic E-state index is 12.7. The van der Waals surface area contributed by atoms with E-state index >= 15 is 0 Å². The second-order valence-corrected chi connectivity index (χ2v) is 6.72. The van der Waals surface area contributed by atoms with Crippen LogP contribution in [0.25, 0.3) is 0 Å². The van der Waals surface area contributed by atoms with Gasteiger partial charge in [-0.3, -0.25) is 4.79 Å². The molecule has 0 N–H and O–H groups in total. The summed E-state index contributed by atoms with van der Waals surface area (Å²) < 4.78 is 43.4. The number of rotatable bonds is 4. The largest absolute Gasteiger partial charge is 0.477 e. The molecule has 1 atom stereocenters. The van der Waals surface area contributed by atoms with Gasteiger partial charge in [0.2, 0.25) is 5.88 Å². The lowest BCUT2D eigenvalue weighted by Crippen LogP contribution is -2.39. The topological polar surface area (TPSA) is 68.2 Å². The lowest BCUT2D eigenvalue weighted by Gasteiger charge is -2.31. The molecule has 1 amide bonds. The summed E-state index contributed by atoms with van der Waals surface area (Å²) >= 11 is 0.986. The quantitative estimate of drug-likeness (QED) is 0.806. The monoisotopic (exact) mass is 386 g/mol. The van der Waals surface area contributed by atoms with Crippen molar-refractivity contribution in [1.82, 2.24) is 19.9 Å². The third-order valence-electron chi connectivity index (χ3n) is 4.01. The summed E-state index contributed by atoms with van der Waals surface area (Å²) in [4.78, 5) is 26.0. The van der Waals surface area contributed by atoms with E-state index in [0.717, 1.165) is 16.7 Å². The highest BCUT2D eigenvalue weighted by atomic mass is 32.1. The van der Waals surface area contributed by atoms with Crippen molar-refractivity contribution < 1.29 is 22.7 Å². The predicted octanol–water partition coefficient (Wildman–Crippen LogP) is 3.37. The van der Waals surface area contributed by atoms with Gasteiger partial charge >= 0.3 is 6.18 Å². The number of carbonyl (C=O) groups excluding carboxylic acids is 1. The number of aromatic nitrogens is 3. The first-order valence-electron chi connectivity index (χ1n) is 8.15. The van der Waals surface area contributed by atoms with E-state index in [2.05, 4.69) is 15.0 Å². The van der Waals surface area contributed by atoms with E-state index in [9.17, 15) is 18.0 Å². The first-order valence-corrected chi connectivity index (χ1v) is 9.03. The number of carbonyl (C=O) groups is 1. The van der Waals surface area contributed by atoms with Crippen LogP contribution in [-0.2, 0) is 6.18 Å². The van der Waals surface area contributed by atoms with Crippen LogP contribution >= 0.6 is 11.3 Å². The summed E-state index contributed by atoms with van der Waals surface area (Å²) in [5, 5.41) is 1.43. The molecule has 0 aromatic carbocycles. The van der Waals surface area contributed by atoms with E-state index in [0.29, 0.717) is 43.4 Å². The molecule has 0 radical (unpaired) electrons. The molecule has 6 nitrogen and oxygen atoms in total. The van der Waals surface area contributed by atoms with Crippen LogP contribution in [0.15, 0.2) is 17.8 Å². The molecule has 0 saturated carbocycles. The van der Waals surface area contributed by atoms with Gasteiger partial charge in [-0.2, -0.15) is 13.2 Å². The molecular weight excluding hydrogens is 369 g/mol. The summed E-state index contributed by atoms with van der Waals surface area (Å²) in [5.41, 5.74) is -0.692. The molecular formula is C16H17F3N4O2S. The van der Waals surface area contributed by atoms with Gasteiger partial charge < -0.3 is 9.64 Å². The minimum absolute atomic E-state index is 0.184. The van der Waals surface area contributed by atoms with Crippen LogP contribution in [0.4, 0.5) is 13.2 Å². The van der Waals surface area contributed by atoms with Gasteiger partial charge in [-0.05, 0) is 19.8 Å². The Kier molecular flexibility index (Phi) is 5.40. The molecule has 0 spiro atoms. The number of halogens is 3. The Morgan fingerprint density at radius 3 is 2.81 bits per heavy atom. The molecule has 1 aliphatic rings. The summed E-state index contributed by atoms with van der Waals surface area (Å²) in [6, 6.07) is 0. The first-order chi connectivity index (χ1) is 12.4. The highest BCUT2D eigenvalue weighted by Gasteiger charge is 2.35. The Hall–Kier alpha value is -2.23. The van der Waals surface area contributed by atoms with Gasteiger partial charge in [0.05, 0.1) is 24.0 Å². The number of piperidine rings is 1. The van der Waals surface area contributed by atoms with Crippen molar-refractivity contribution in [2.24, 2.45) is 0 Å². The fraction of sp³-hybridized carbons (Fsp3) is 0.500. The van der Waals surface area contributed by atoms with Crippen LogP contribution in [0.1, 0.15) is 46.9 Å². The third kappa shape index (κ3) is 4.12. The van der Waals surface area contributed by atoms with Crippen LogP contribution in [0.3, 0.4) is 0 Å². The second kappa shape index (κ2) is 7.56. The summed E-state index contributed by atoms with van der Waals surface area (Å²) in [6.07, 6.45) is -0.321. The van der Waals surface area contributed by atoms with Crippen molar-refractivity contribution in [1.29, 1.82) is 0 Å². The van der Waals surface area contributed by atoms with Gasteiger partial charge in [0.1, 0.15) is 5.69 Å². The molecule has 3 rings (SSSR count). The molecule has 0 unspecified atom stereocenters. The minimum Gasteiger partial charge on any atom is -0.477 e. The highest BCUT2D eigenvalue weighted by Crippen LogP contribution is 2.35. The van der Waals surface area contributed by atoms with Crippen molar-refractivity contribution >= 4 is 17.2 Å². The van der Waals surface area contributed by atoms with E-state index in [-0.39, 0.29) is 17.5 Å². The minimum atomic E-state index is -4.45. The summed E-state index contributed by atoms with van der Waals surface area (Å²) in [6.45, 7) is 3.11. The average Bonchev–Trinajstić information content (AvgIpc) is 3.13. The van der Waals surface area contributed by atoms with E-state index in [1.807, 2.05) is 6.92 Å². The van der Waals surface area contributed by atoms with Crippen LogP contribution < -0.4 is 4.74 Å². The number of nitrogens with zero attached hydrogens (tertiary/aromatic N) is 4. The van der Waals surface area contributed by atoms with Gasteiger partial charge in [0.15, 0.2) is 5.69 Å². The molecule has 0 aliphatic carbocycles. The predicted molar refractivity (Wildman–Crippen MR) is 88.2 cm³/mol. The maximum atomic E-state index is 12.7. The molecule has 10 heteroatoms. The normalized spacial score (nSPS) is 18.0. The number of hydrogen-bond acceptors (Lipinski definition) is 6. The van der Waals surface area contributed by atoms with Crippen LogP contribution in [0.5, 0.6) is 5.88 Å². The molecule has 2 aromatic heterocycles. The number of ether oxygens (including phenoxy) is 1. The summed E-state index contributed by atoms with van der Waals surface area (Å²) in [5.74, 6) is -0.162. The van der Waals surface area contributed by atoms with E-state index in [1.165, 1.54) is 12.4 Å². The highest BCUT2D eigenvalue weighted by molar-refractivity contribution is 7.09. The molecule has 26 heavy (non-hydrogen) atoms. The zero-order valence-electron chi connectivity index (χ0n) is 14.0. The third-order valence-corrected chi connectivity index (χ3v) is 5.02. The number of alkyl halides is 3. The fourth-order valence-corrected chi connectivity index (χ4v) is 3.73. The first kappa shape index (κ1) is 18.6. The van der Waals surface area contributed by atoms with Gasteiger partial charge in [0.25, 0.3) is 5.91 Å². The molecule has 1 saturated heterocycles. The van der Waals surface area contributed by atoms with Crippen molar-refractivity contribution in [2.75, 3.05) is 19.7 Å².